The number of aliphatic carboxylic acids is 1. The number of benzene rings is 1. The molecule has 31 heavy (non-hydrogen) atoms. The maximum Gasteiger partial charge on any atom is 0.416 e. The van der Waals surface area contributed by atoms with Gasteiger partial charge in [0.15, 0.2) is 0 Å². The first-order valence-electron chi connectivity index (χ1n) is 10.2. The molecule has 0 amide bonds. The Morgan fingerprint density at radius 3 is 2.55 bits per heavy atom. The molecule has 2 rings (SSSR count). The summed E-state index contributed by atoms with van der Waals surface area (Å²) in [5, 5.41) is 18.6. The summed E-state index contributed by atoms with van der Waals surface area (Å²) in [5.41, 5.74) is -0.689. The third-order valence-electron chi connectivity index (χ3n) is 4.83. The van der Waals surface area contributed by atoms with E-state index in [0.717, 1.165) is 25.0 Å². The van der Waals surface area contributed by atoms with Gasteiger partial charge in [0.1, 0.15) is 5.75 Å². The molecule has 0 radical (unpaired) electrons. The van der Waals surface area contributed by atoms with Crippen molar-refractivity contribution in [3.05, 3.63) is 46.0 Å². The number of alkyl halides is 3. The van der Waals surface area contributed by atoms with E-state index in [1.165, 1.54) is 16.7 Å². The van der Waals surface area contributed by atoms with Crippen molar-refractivity contribution in [3.63, 3.8) is 0 Å². The lowest BCUT2D eigenvalue weighted by atomic mass is 10.1. The summed E-state index contributed by atoms with van der Waals surface area (Å²) in [7, 11) is 0. The molecular weight excluding hydrogens is 417 g/mol. The molecule has 0 aliphatic carbocycles. The SMILES string of the molecule is O=C(O)CCCCCCc1c(O)[nH]c(=O)n1CCCCOc1cccc(C(F)(F)F)c1. The topological polar surface area (TPSA) is 105 Å². The summed E-state index contributed by atoms with van der Waals surface area (Å²) in [6.45, 7) is 0.543. The largest absolute Gasteiger partial charge is 0.494 e. The minimum Gasteiger partial charge on any atom is -0.494 e. The number of unbranched alkanes of at least 4 members (excludes halogenated alkanes) is 4. The number of carbonyl (C=O) groups is 1. The number of H-pyrrole nitrogens is 1. The quantitative estimate of drug-likeness (QED) is 0.399. The molecule has 0 fully saturated rings. The van der Waals surface area contributed by atoms with Gasteiger partial charge >= 0.3 is 17.8 Å². The molecule has 0 saturated heterocycles. The van der Waals surface area contributed by atoms with Gasteiger partial charge in [-0.25, -0.2) is 4.79 Å². The lowest BCUT2D eigenvalue weighted by Gasteiger charge is -2.11. The summed E-state index contributed by atoms with van der Waals surface area (Å²) in [4.78, 5) is 24.9. The van der Waals surface area contributed by atoms with Gasteiger partial charge in [0, 0.05) is 13.0 Å². The number of hydrogen-bond donors (Lipinski definition) is 3. The highest BCUT2D eigenvalue weighted by atomic mass is 19.4. The molecule has 1 heterocycles. The summed E-state index contributed by atoms with van der Waals surface area (Å²) < 4.78 is 45.0. The molecule has 0 aliphatic heterocycles. The van der Waals surface area contributed by atoms with Crippen LogP contribution >= 0.6 is 0 Å². The molecular formula is C21H27F3N2O5. The van der Waals surface area contributed by atoms with Crippen molar-refractivity contribution in [2.45, 2.75) is 64.1 Å². The molecule has 3 N–H and O–H groups in total. The molecule has 0 atom stereocenters. The fourth-order valence-electron chi connectivity index (χ4n) is 3.23. The van der Waals surface area contributed by atoms with E-state index in [1.54, 1.807) is 0 Å². The second kappa shape index (κ2) is 11.5. The highest BCUT2D eigenvalue weighted by Gasteiger charge is 2.30. The molecule has 0 aliphatic rings. The van der Waals surface area contributed by atoms with Crippen molar-refractivity contribution in [1.29, 1.82) is 0 Å². The van der Waals surface area contributed by atoms with E-state index < -0.39 is 23.4 Å². The standard InChI is InChI=1S/C21H27F3N2O5/c22-21(23,24)15-8-7-9-16(14-15)31-13-6-5-12-26-17(19(29)25-20(26)30)10-3-1-2-4-11-18(27)28/h7-9,14,29H,1-6,10-13H2,(H,25,30)(H,27,28). The maximum absolute atomic E-state index is 12.7. The highest BCUT2D eigenvalue weighted by molar-refractivity contribution is 5.66. The second-order valence-electron chi connectivity index (χ2n) is 7.27. The average Bonchev–Trinajstić information content (AvgIpc) is 2.96. The van der Waals surface area contributed by atoms with Crippen LogP contribution in [0.2, 0.25) is 0 Å². The van der Waals surface area contributed by atoms with Crippen LogP contribution in [0.3, 0.4) is 0 Å². The third-order valence-corrected chi connectivity index (χ3v) is 4.83. The lowest BCUT2D eigenvalue weighted by Crippen LogP contribution is -2.19. The van der Waals surface area contributed by atoms with Crippen LogP contribution in [0.25, 0.3) is 0 Å². The number of carboxylic acid groups (broad SMARTS) is 1. The van der Waals surface area contributed by atoms with Crippen LogP contribution in [-0.4, -0.2) is 32.3 Å². The van der Waals surface area contributed by atoms with Gasteiger partial charge in [0.25, 0.3) is 0 Å². The van der Waals surface area contributed by atoms with E-state index in [1.807, 2.05) is 0 Å². The van der Waals surface area contributed by atoms with Crippen LogP contribution in [0.1, 0.15) is 56.2 Å². The minimum atomic E-state index is -4.43. The summed E-state index contributed by atoms with van der Waals surface area (Å²) in [6.07, 6.45) is 0.0946. The molecule has 10 heteroatoms. The Morgan fingerprint density at radius 2 is 1.84 bits per heavy atom. The van der Waals surface area contributed by atoms with Gasteiger partial charge in [-0.1, -0.05) is 18.9 Å². The van der Waals surface area contributed by atoms with Crippen molar-refractivity contribution in [2.75, 3.05) is 6.61 Å². The first-order valence-corrected chi connectivity index (χ1v) is 10.2. The van der Waals surface area contributed by atoms with Crippen LogP contribution in [-0.2, 0) is 23.9 Å². The second-order valence-corrected chi connectivity index (χ2v) is 7.27. The van der Waals surface area contributed by atoms with E-state index in [4.69, 9.17) is 9.84 Å². The summed E-state index contributed by atoms with van der Waals surface area (Å²) >= 11 is 0. The van der Waals surface area contributed by atoms with E-state index in [0.29, 0.717) is 44.3 Å². The average molecular weight is 444 g/mol. The number of imidazole rings is 1. The van der Waals surface area contributed by atoms with Gasteiger partial charge in [-0.05, 0) is 50.3 Å². The van der Waals surface area contributed by atoms with Crippen molar-refractivity contribution in [1.82, 2.24) is 9.55 Å². The van der Waals surface area contributed by atoms with E-state index in [-0.39, 0.29) is 24.7 Å². The number of rotatable bonds is 13. The smallest absolute Gasteiger partial charge is 0.416 e. The van der Waals surface area contributed by atoms with Crippen molar-refractivity contribution in [2.24, 2.45) is 0 Å². The van der Waals surface area contributed by atoms with Crippen LogP contribution in [0.5, 0.6) is 11.6 Å². The number of nitrogens with zero attached hydrogens (tertiary/aromatic N) is 1. The van der Waals surface area contributed by atoms with E-state index >= 15 is 0 Å². The summed E-state index contributed by atoms with van der Waals surface area (Å²) in [5.74, 6) is -0.861. The fraction of sp³-hybridized carbons (Fsp3) is 0.524. The third kappa shape index (κ3) is 8.03. The van der Waals surface area contributed by atoms with Crippen LogP contribution < -0.4 is 10.4 Å². The number of aromatic amines is 1. The van der Waals surface area contributed by atoms with Gasteiger partial charge in [-0.15, -0.1) is 0 Å². The first kappa shape index (κ1) is 24.4. The normalized spacial score (nSPS) is 11.6. The highest BCUT2D eigenvalue weighted by Crippen LogP contribution is 2.31. The predicted molar refractivity (Wildman–Crippen MR) is 107 cm³/mol. The maximum atomic E-state index is 12.7. The van der Waals surface area contributed by atoms with Gasteiger partial charge in [-0.3, -0.25) is 14.3 Å². The zero-order chi connectivity index (χ0) is 22.9. The molecule has 7 nitrogen and oxygen atoms in total. The molecule has 0 bridgehead atoms. The monoisotopic (exact) mass is 444 g/mol. The Labute approximate surface area is 177 Å². The number of halogens is 3. The number of ether oxygens (including phenoxy) is 1. The Morgan fingerprint density at radius 1 is 1.10 bits per heavy atom. The van der Waals surface area contributed by atoms with Crippen molar-refractivity contribution >= 4 is 5.97 Å². The predicted octanol–water partition coefficient (Wildman–Crippen LogP) is 4.34. The number of carboxylic acids is 1. The Balaban J connectivity index is 1.77. The van der Waals surface area contributed by atoms with Gasteiger partial charge in [-0.2, -0.15) is 13.2 Å². The molecule has 0 spiro atoms. The molecule has 172 valence electrons. The number of nitrogens with one attached hydrogen (secondary N) is 1. The van der Waals surface area contributed by atoms with Crippen LogP contribution in [0.15, 0.2) is 29.1 Å². The number of aromatic nitrogens is 2. The van der Waals surface area contributed by atoms with Crippen molar-refractivity contribution in [3.8, 4) is 11.6 Å². The Bertz CT molecular complexity index is 905. The number of aromatic hydroxyl groups is 1. The number of hydrogen-bond acceptors (Lipinski definition) is 4. The lowest BCUT2D eigenvalue weighted by molar-refractivity contribution is -0.138. The summed E-state index contributed by atoms with van der Waals surface area (Å²) in [6, 6.07) is 4.67. The van der Waals surface area contributed by atoms with Gasteiger partial charge < -0.3 is 14.9 Å². The van der Waals surface area contributed by atoms with Gasteiger partial charge in [0.05, 0.1) is 17.9 Å². The molecule has 1 aromatic heterocycles. The van der Waals surface area contributed by atoms with Gasteiger partial charge in [0.2, 0.25) is 5.88 Å². The first-order chi connectivity index (χ1) is 14.7. The van der Waals surface area contributed by atoms with Crippen molar-refractivity contribution < 1.29 is 32.9 Å². The Kier molecular flexibility index (Phi) is 9.02. The fourth-order valence-corrected chi connectivity index (χ4v) is 3.23. The van der Waals surface area contributed by atoms with Crippen LogP contribution in [0, 0.1) is 0 Å². The molecule has 1 aromatic carbocycles. The zero-order valence-corrected chi connectivity index (χ0v) is 17.1. The van der Waals surface area contributed by atoms with E-state index in [9.17, 15) is 27.9 Å². The Hall–Kier alpha value is -2.91. The molecule has 2 aromatic rings. The molecule has 0 saturated carbocycles. The molecule has 0 unspecified atom stereocenters. The van der Waals surface area contributed by atoms with E-state index in [2.05, 4.69) is 4.98 Å². The zero-order valence-electron chi connectivity index (χ0n) is 17.1. The minimum absolute atomic E-state index is 0.128. The van der Waals surface area contributed by atoms with Crippen LogP contribution in [0.4, 0.5) is 13.2 Å².